The highest BCUT2D eigenvalue weighted by atomic mass is 15.0. The monoisotopic (exact) mass is 661 g/mol. The molecule has 3 nitrogen and oxygen atoms in total. The summed E-state index contributed by atoms with van der Waals surface area (Å²) in [6.45, 7) is 13.9. The molecule has 0 saturated heterocycles. The number of allylic oxidation sites excluding steroid dienone is 7. The first-order valence-corrected chi connectivity index (χ1v) is 17.5. The van der Waals surface area contributed by atoms with E-state index in [4.69, 9.17) is 5.73 Å². The lowest BCUT2D eigenvalue weighted by Crippen LogP contribution is -2.14. The first kappa shape index (κ1) is 33.2. The fourth-order valence-corrected chi connectivity index (χ4v) is 7.27. The van der Waals surface area contributed by atoms with Crippen molar-refractivity contribution in [3.05, 3.63) is 198 Å². The zero-order valence-corrected chi connectivity index (χ0v) is 29.4. The third kappa shape index (κ3) is 6.31. The largest absolute Gasteiger partial charge is 0.405 e. The lowest BCUT2D eigenvalue weighted by Gasteiger charge is -2.19. The molecule has 0 unspecified atom stereocenters. The van der Waals surface area contributed by atoms with Gasteiger partial charge in [0.1, 0.15) is 0 Å². The van der Waals surface area contributed by atoms with Crippen molar-refractivity contribution in [2.75, 3.05) is 6.54 Å². The van der Waals surface area contributed by atoms with Crippen LogP contribution in [-0.2, 0) is 6.42 Å². The molecule has 0 amide bonds. The Balaban J connectivity index is 1.47. The van der Waals surface area contributed by atoms with Crippen LogP contribution in [0.4, 0.5) is 0 Å². The molecule has 0 aliphatic carbocycles. The van der Waals surface area contributed by atoms with E-state index in [0.717, 1.165) is 63.6 Å². The molecule has 1 aromatic heterocycles. The average Bonchev–Trinajstić information content (AvgIpc) is 3.43. The van der Waals surface area contributed by atoms with Gasteiger partial charge in [0.15, 0.2) is 0 Å². The van der Waals surface area contributed by atoms with E-state index in [1.54, 1.807) is 6.20 Å². The van der Waals surface area contributed by atoms with Crippen LogP contribution in [0.5, 0.6) is 0 Å². The van der Waals surface area contributed by atoms with Crippen LogP contribution in [0.3, 0.4) is 0 Å². The van der Waals surface area contributed by atoms with Gasteiger partial charge >= 0.3 is 0 Å². The Bertz CT molecular complexity index is 2450. The van der Waals surface area contributed by atoms with Crippen molar-refractivity contribution in [1.29, 1.82) is 0 Å². The SMILES string of the molecule is C=C/C(=C\c1c(C)c(C)c(-c2ccc(C3=CC=CCN3)cc2C=C)n1-c1cccc2ccccc12)c1ccc(C/C=C\C=C/N)c2ccccc12. The Morgan fingerprint density at radius 1 is 0.843 bits per heavy atom. The van der Waals surface area contributed by atoms with E-state index in [0.29, 0.717) is 0 Å². The van der Waals surface area contributed by atoms with Gasteiger partial charge in [-0.2, -0.15) is 0 Å². The molecule has 0 atom stereocenters. The molecule has 0 bridgehead atoms. The highest BCUT2D eigenvalue weighted by Crippen LogP contribution is 2.41. The van der Waals surface area contributed by atoms with Gasteiger partial charge in [-0.15, -0.1) is 0 Å². The lowest BCUT2D eigenvalue weighted by atomic mass is 9.93. The van der Waals surface area contributed by atoms with E-state index < -0.39 is 0 Å². The van der Waals surface area contributed by atoms with E-state index in [-0.39, 0.29) is 0 Å². The van der Waals surface area contributed by atoms with Gasteiger partial charge in [0, 0.05) is 23.2 Å². The van der Waals surface area contributed by atoms with E-state index in [9.17, 15) is 0 Å². The van der Waals surface area contributed by atoms with Crippen molar-refractivity contribution in [1.82, 2.24) is 9.88 Å². The highest BCUT2D eigenvalue weighted by Gasteiger charge is 2.23. The van der Waals surface area contributed by atoms with Crippen molar-refractivity contribution in [2.45, 2.75) is 20.3 Å². The molecule has 51 heavy (non-hydrogen) atoms. The first-order chi connectivity index (χ1) is 25.0. The zero-order chi connectivity index (χ0) is 35.3. The van der Waals surface area contributed by atoms with E-state index >= 15 is 0 Å². The van der Waals surface area contributed by atoms with Crippen LogP contribution in [-0.4, -0.2) is 11.1 Å². The minimum absolute atomic E-state index is 0.818. The molecule has 0 radical (unpaired) electrons. The molecule has 6 aromatic rings. The number of nitrogens with one attached hydrogen (secondary N) is 1. The topological polar surface area (TPSA) is 43.0 Å². The van der Waals surface area contributed by atoms with Gasteiger partial charge in [-0.1, -0.05) is 135 Å². The number of nitrogens with two attached hydrogens (primary N) is 1. The molecule has 7 rings (SSSR count). The molecular weight excluding hydrogens is 619 g/mol. The van der Waals surface area contributed by atoms with Crippen LogP contribution in [0.1, 0.15) is 39.1 Å². The summed E-state index contributed by atoms with van der Waals surface area (Å²) in [5, 5.41) is 8.33. The Labute approximate surface area is 301 Å². The Hall–Kier alpha value is -6.32. The summed E-state index contributed by atoms with van der Waals surface area (Å²) in [6.07, 6.45) is 21.0. The van der Waals surface area contributed by atoms with Crippen LogP contribution in [0.15, 0.2) is 159 Å². The molecule has 2 heterocycles. The number of aromatic nitrogens is 1. The lowest BCUT2D eigenvalue weighted by molar-refractivity contribution is 0.995. The summed E-state index contributed by atoms with van der Waals surface area (Å²) in [4.78, 5) is 0. The van der Waals surface area contributed by atoms with Gasteiger partial charge in [0.2, 0.25) is 0 Å². The normalized spacial score (nSPS) is 13.3. The Morgan fingerprint density at radius 2 is 1.63 bits per heavy atom. The van der Waals surface area contributed by atoms with E-state index in [1.807, 2.05) is 24.3 Å². The molecule has 0 spiro atoms. The molecule has 1 aliphatic heterocycles. The van der Waals surface area contributed by atoms with Crippen LogP contribution >= 0.6 is 0 Å². The molecular formula is C48H43N3. The molecule has 0 fully saturated rings. The maximum absolute atomic E-state index is 5.55. The summed E-state index contributed by atoms with van der Waals surface area (Å²) in [6, 6.07) is 35.1. The number of hydrogen-bond acceptors (Lipinski definition) is 2. The fraction of sp³-hybridized carbons (Fsp3) is 0.0833. The predicted molar refractivity (Wildman–Crippen MR) is 222 cm³/mol. The zero-order valence-electron chi connectivity index (χ0n) is 29.4. The molecule has 250 valence electrons. The molecule has 0 saturated carbocycles. The number of fused-ring (bicyclic) bond motifs is 2. The van der Waals surface area contributed by atoms with Crippen LogP contribution < -0.4 is 11.1 Å². The fourth-order valence-electron chi connectivity index (χ4n) is 7.27. The quantitative estimate of drug-likeness (QED) is 0.144. The minimum Gasteiger partial charge on any atom is -0.405 e. The van der Waals surface area contributed by atoms with Crippen molar-refractivity contribution in [3.8, 4) is 16.9 Å². The second-order valence-corrected chi connectivity index (χ2v) is 12.9. The molecule has 3 heteroatoms. The number of hydrogen-bond donors (Lipinski definition) is 2. The maximum atomic E-state index is 5.55. The number of rotatable bonds is 10. The van der Waals surface area contributed by atoms with Crippen molar-refractivity contribution in [3.63, 3.8) is 0 Å². The van der Waals surface area contributed by atoms with Crippen LogP contribution in [0.2, 0.25) is 0 Å². The van der Waals surface area contributed by atoms with E-state index in [2.05, 4.69) is 164 Å². The van der Waals surface area contributed by atoms with Gasteiger partial charge in [0.05, 0.1) is 17.1 Å². The van der Waals surface area contributed by atoms with Gasteiger partial charge in [0.25, 0.3) is 0 Å². The predicted octanol–water partition coefficient (Wildman–Crippen LogP) is 11.5. The average molecular weight is 662 g/mol. The molecule has 3 N–H and O–H groups in total. The van der Waals surface area contributed by atoms with Gasteiger partial charge in [-0.25, -0.2) is 0 Å². The van der Waals surface area contributed by atoms with Gasteiger partial charge < -0.3 is 15.6 Å². The van der Waals surface area contributed by atoms with Gasteiger partial charge in [-0.3, -0.25) is 0 Å². The van der Waals surface area contributed by atoms with E-state index in [1.165, 1.54) is 38.2 Å². The summed E-state index contributed by atoms with van der Waals surface area (Å²) < 4.78 is 2.45. The molecule has 5 aromatic carbocycles. The molecule has 1 aliphatic rings. The van der Waals surface area contributed by atoms with Gasteiger partial charge in [-0.05, 0) is 112 Å². The minimum atomic E-state index is 0.818. The third-order valence-electron chi connectivity index (χ3n) is 9.95. The second kappa shape index (κ2) is 14.7. The Morgan fingerprint density at radius 3 is 2.39 bits per heavy atom. The third-order valence-corrected chi connectivity index (χ3v) is 9.95. The number of benzene rings is 5. The van der Waals surface area contributed by atoms with Crippen LogP contribution in [0, 0.1) is 13.8 Å². The smallest absolute Gasteiger partial charge is 0.0572 e. The summed E-state index contributed by atoms with van der Waals surface area (Å²) in [5.74, 6) is 0. The Kier molecular flexibility index (Phi) is 9.54. The standard InChI is InChI=1S/C48H43N3/c1-5-35-31-39(45-23-13-15-30-50-45)26-28-43(35)48-34(4)33(3)47(51(48)46-24-16-19-37-18-9-10-21-42(37)46)32-36(6-2)41-27-25-38(17-8-7-14-29-49)40-20-11-12-22-44(40)41/h5-16,18-29,31-32,50H,1-2,17,30,49H2,3-4H3/b8-7-,29-14-,36-32+. The van der Waals surface area contributed by atoms with Crippen molar-refractivity contribution >= 4 is 45.0 Å². The highest BCUT2D eigenvalue weighted by molar-refractivity contribution is 6.02. The number of nitrogens with zero attached hydrogens (tertiary/aromatic N) is 1. The maximum Gasteiger partial charge on any atom is 0.0572 e. The van der Waals surface area contributed by atoms with Crippen LogP contribution in [0.25, 0.3) is 61.9 Å². The first-order valence-electron chi connectivity index (χ1n) is 17.5. The van der Waals surface area contributed by atoms with Crippen molar-refractivity contribution < 1.29 is 0 Å². The summed E-state index contributed by atoms with van der Waals surface area (Å²) in [5.41, 5.74) is 19.4. The second-order valence-electron chi connectivity index (χ2n) is 12.9. The summed E-state index contributed by atoms with van der Waals surface area (Å²) >= 11 is 0. The van der Waals surface area contributed by atoms with Crippen molar-refractivity contribution in [2.24, 2.45) is 5.73 Å². The summed E-state index contributed by atoms with van der Waals surface area (Å²) in [7, 11) is 0. The number of dihydropyridines is 1.